The summed E-state index contributed by atoms with van der Waals surface area (Å²) in [6.07, 6.45) is 15.6. The van der Waals surface area contributed by atoms with E-state index in [-0.39, 0.29) is 0 Å². The van der Waals surface area contributed by atoms with E-state index in [1.165, 1.54) is 51.4 Å². The van der Waals surface area contributed by atoms with Gasteiger partial charge in [-0.1, -0.05) is 78.4 Å². The molecule has 0 radical (unpaired) electrons. The van der Waals surface area contributed by atoms with Crippen LogP contribution in [0.2, 0.25) is 0 Å². The Kier molecular flexibility index (Phi) is 11.0. The maximum Gasteiger partial charge on any atom is -0.0322 e. The van der Waals surface area contributed by atoms with Crippen LogP contribution in [-0.2, 0) is 0 Å². The van der Waals surface area contributed by atoms with Gasteiger partial charge in [0.1, 0.15) is 0 Å². The van der Waals surface area contributed by atoms with Crippen LogP contribution < -0.4 is 0 Å². The molecule has 2 unspecified atom stereocenters. The normalized spacial score (nSPS) is 15.5. The lowest BCUT2D eigenvalue weighted by Gasteiger charge is -2.11. The molecule has 96 valence electrons. The minimum Gasteiger partial charge on any atom is -0.0883 e. The molecule has 0 aromatic rings. The summed E-state index contributed by atoms with van der Waals surface area (Å²) in [5.74, 6) is 1.80. The first-order valence-corrected chi connectivity index (χ1v) is 7.39. The molecule has 2 atom stereocenters. The van der Waals surface area contributed by atoms with Crippen LogP contribution in [-0.4, -0.2) is 0 Å². The number of unbranched alkanes of at least 4 members (excludes halogenated alkanes) is 1. The highest BCUT2D eigenvalue weighted by Gasteiger charge is 2.03. The zero-order valence-corrected chi connectivity index (χ0v) is 12.0. The first-order chi connectivity index (χ1) is 7.74. The van der Waals surface area contributed by atoms with E-state index in [1.54, 1.807) is 0 Å². The van der Waals surface area contributed by atoms with Crippen LogP contribution >= 0.6 is 0 Å². The van der Waals surface area contributed by atoms with Crippen LogP contribution in [0.3, 0.4) is 0 Å². The second kappa shape index (κ2) is 11.2. The van der Waals surface area contributed by atoms with Crippen molar-refractivity contribution in [2.75, 3.05) is 0 Å². The topological polar surface area (TPSA) is 0 Å². The van der Waals surface area contributed by atoms with Crippen LogP contribution in [0.25, 0.3) is 0 Å². The van der Waals surface area contributed by atoms with Crippen LogP contribution in [0, 0.1) is 11.8 Å². The summed E-state index contributed by atoms with van der Waals surface area (Å²) in [6.45, 7) is 9.25. The summed E-state index contributed by atoms with van der Waals surface area (Å²) < 4.78 is 0. The highest BCUT2D eigenvalue weighted by Crippen LogP contribution is 2.18. The lowest BCUT2D eigenvalue weighted by Crippen LogP contribution is -1.97. The maximum absolute atomic E-state index is 2.43. The third kappa shape index (κ3) is 9.00. The minimum absolute atomic E-state index is 0.872. The molecule has 0 fully saturated rings. The molecule has 0 aliphatic heterocycles. The Balaban J connectivity index is 3.61. The van der Waals surface area contributed by atoms with Crippen molar-refractivity contribution in [2.24, 2.45) is 11.8 Å². The zero-order valence-electron chi connectivity index (χ0n) is 12.0. The monoisotopic (exact) mass is 224 g/mol. The van der Waals surface area contributed by atoms with Gasteiger partial charge in [-0.3, -0.25) is 0 Å². The fraction of sp³-hybridized carbons (Fsp3) is 0.875. The molecule has 0 rings (SSSR count). The smallest absolute Gasteiger partial charge is 0.0322 e. The van der Waals surface area contributed by atoms with Gasteiger partial charge in [0.15, 0.2) is 0 Å². The third-order valence-corrected chi connectivity index (χ3v) is 3.50. The Morgan fingerprint density at radius 1 is 0.875 bits per heavy atom. The van der Waals surface area contributed by atoms with Gasteiger partial charge in [-0.2, -0.15) is 0 Å². The lowest BCUT2D eigenvalue weighted by molar-refractivity contribution is 0.455. The number of hydrogen-bond donors (Lipinski definition) is 0. The van der Waals surface area contributed by atoms with Gasteiger partial charge < -0.3 is 0 Å². The quantitative estimate of drug-likeness (QED) is 0.401. The molecule has 0 saturated carbocycles. The van der Waals surface area contributed by atoms with Crippen LogP contribution in [0.4, 0.5) is 0 Å². The Hall–Kier alpha value is -0.260. The van der Waals surface area contributed by atoms with Gasteiger partial charge in [0.25, 0.3) is 0 Å². The molecule has 0 aromatic carbocycles. The van der Waals surface area contributed by atoms with Crippen molar-refractivity contribution < 1.29 is 0 Å². The highest BCUT2D eigenvalue weighted by molar-refractivity contribution is 4.85. The summed E-state index contributed by atoms with van der Waals surface area (Å²) in [4.78, 5) is 0. The predicted molar refractivity (Wildman–Crippen MR) is 75.8 cm³/mol. The zero-order chi connectivity index (χ0) is 12.2. The van der Waals surface area contributed by atoms with Crippen molar-refractivity contribution in [1.82, 2.24) is 0 Å². The second-order valence-corrected chi connectivity index (χ2v) is 5.25. The van der Waals surface area contributed by atoms with Crippen LogP contribution in [0.15, 0.2) is 12.2 Å². The molecule has 0 N–H and O–H groups in total. The van der Waals surface area contributed by atoms with E-state index in [1.807, 2.05) is 0 Å². The van der Waals surface area contributed by atoms with Crippen LogP contribution in [0.5, 0.6) is 0 Å². The van der Waals surface area contributed by atoms with Crippen molar-refractivity contribution >= 4 is 0 Å². The van der Waals surface area contributed by atoms with E-state index in [9.17, 15) is 0 Å². The van der Waals surface area contributed by atoms with Crippen LogP contribution in [0.1, 0.15) is 79.1 Å². The molecule has 0 saturated heterocycles. The van der Waals surface area contributed by atoms with E-state index in [4.69, 9.17) is 0 Å². The van der Waals surface area contributed by atoms with Crippen molar-refractivity contribution in [3.8, 4) is 0 Å². The minimum atomic E-state index is 0.872. The summed E-state index contributed by atoms with van der Waals surface area (Å²) in [6, 6.07) is 0. The summed E-state index contributed by atoms with van der Waals surface area (Å²) in [5, 5.41) is 0. The van der Waals surface area contributed by atoms with Crippen molar-refractivity contribution in [3.05, 3.63) is 12.2 Å². The van der Waals surface area contributed by atoms with Gasteiger partial charge in [0, 0.05) is 0 Å². The molecular weight excluding hydrogens is 192 g/mol. The Labute approximate surface area is 104 Å². The highest BCUT2D eigenvalue weighted by atomic mass is 14.1. The number of allylic oxidation sites excluding steroid dienone is 2. The average Bonchev–Trinajstić information content (AvgIpc) is 2.28. The molecule has 0 heterocycles. The molecule has 0 heteroatoms. The second-order valence-electron chi connectivity index (χ2n) is 5.25. The van der Waals surface area contributed by atoms with Crippen molar-refractivity contribution in [2.45, 2.75) is 79.1 Å². The molecule has 0 amide bonds. The van der Waals surface area contributed by atoms with E-state index < -0.39 is 0 Å². The molecular formula is C16H32. The first kappa shape index (κ1) is 15.7. The standard InChI is InChI=1S/C16H32/c1-5-8-13-16(7-3)14-10-9-12-15(4)11-6-2/h9-10,15-16H,5-8,11-14H2,1-4H3. The SMILES string of the molecule is CCCCC(CC)CC=CCC(C)CCC. The van der Waals surface area contributed by atoms with Gasteiger partial charge >= 0.3 is 0 Å². The number of hydrogen-bond acceptors (Lipinski definition) is 0. The molecule has 16 heavy (non-hydrogen) atoms. The van der Waals surface area contributed by atoms with E-state index in [0.717, 1.165) is 11.8 Å². The largest absolute Gasteiger partial charge is 0.0883 e. The van der Waals surface area contributed by atoms with Gasteiger partial charge in [-0.05, 0) is 24.7 Å². The fourth-order valence-corrected chi connectivity index (χ4v) is 2.21. The van der Waals surface area contributed by atoms with Gasteiger partial charge in [0.2, 0.25) is 0 Å². The van der Waals surface area contributed by atoms with E-state index in [0.29, 0.717) is 0 Å². The fourth-order valence-electron chi connectivity index (χ4n) is 2.21. The third-order valence-electron chi connectivity index (χ3n) is 3.50. The molecule has 0 aromatic heterocycles. The van der Waals surface area contributed by atoms with E-state index >= 15 is 0 Å². The molecule has 0 aliphatic rings. The Morgan fingerprint density at radius 3 is 2.12 bits per heavy atom. The lowest BCUT2D eigenvalue weighted by atomic mass is 9.95. The van der Waals surface area contributed by atoms with Crippen molar-refractivity contribution in [3.63, 3.8) is 0 Å². The maximum atomic E-state index is 2.43. The molecule has 0 aliphatic carbocycles. The Bertz CT molecular complexity index is 157. The molecule has 0 nitrogen and oxygen atoms in total. The average molecular weight is 224 g/mol. The summed E-state index contributed by atoms with van der Waals surface area (Å²) in [5.41, 5.74) is 0. The predicted octanol–water partition coefficient (Wildman–Crippen LogP) is 5.98. The van der Waals surface area contributed by atoms with E-state index in [2.05, 4.69) is 39.8 Å². The van der Waals surface area contributed by atoms with Gasteiger partial charge in [0.05, 0.1) is 0 Å². The van der Waals surface area contributed by atoms with Crippen molar-refractivity contribution in [1.29, 1.82) is 0 Å². The molecule has 0 bridgehead atoms. The Morgan fingerprint density at radius 2 is 1.56 bits per heavy atom. The van der Waals surface area contributed by atoms with Gasteiger partial charge in [-0.25, -0.2) is 0 Å². The number of rotatable bonds is 10. The summed E-state index contributed by atoms with van der Waals surface area (Å²) >= 11 is 0. The summed E-state index contributed by atoms with van der Waals surface area (Å²) in [7, 11) is 0. The first-order valence-electron chi connectivity index (χ1n) is 7.39. The van der Waals surface area contributed by atoms with Gasteiger partial charge in [-0.15, -0.1) is 0 Å². The molecule has 0 spiro atoms.